The molecule has 15 nitrogen and oxygen atoms in total. The second-order valence-electron chi connectivity index (χ2n) is 8.17. The average molecular weight is 520 g/mol. The van der Waals surface area contributed by atoms with Crippen LogP contribution >= 0.6 is 0 Å². The van der Waals surface area contributed by atoms with Crippen LogP contribution in [0.15, 0.2) is 0 Å². The lowest BCUT2D eigenvalue weighted by molar-refractivity contribution is -0.302. The molecule has 1 rings (SSSR count). The van der Waals surface area contributed by atoms with Crippen LogP contribution in [0.4, 0.5) is 0 Å². The smallest absolute Gasteiger partial charge is 0.339 e. The Morgan fingerprint density at radius 3 is 1.86 bits per heavy atom. The molecule has 1 saturated heterocycles. The normalized spacial score (nSPS) is 25.2. The highest BCUT2D eigenvalue weighted by Crippen LogP contribution is 2.30. The van der Waals surface area contributed by atoms with Gasteiger partial charge in [-0.1, -0.05) is 13.8 Å². The Morgan fingerprint density at radius 2 is 1.42 bits per heavy atom. The van der Waals surface area contributed by atoms with Crippen molar-refractivity contribution in [1.29, 1.82) is 0 Å². The van der Waals surface area contributed by atoms with Gasteiger partial charge in [0, 0.05) is 20.8 Å². The van der Waals surface area contributed by atoms with E-state index < -0.39 is 85.2 Å². The van der Waals surface area contributed by atoms with Crippen LogP contribution in [0.25, 0.3) is 0 Å². The molecule has 4 N–H and O–H groups in total. The number of carboxylic acid groups (broad SMARTS) is 1. The molecule has 0 radical (unpaired) electrons. The number of nitrogens with one attached hydrogen (secondary N) is 1. The molecule has 36 heavy (non-hydrogen) atoms. The van der Waals surface area contributed by atoms with Crippen molar-refractivity contribution in [3.8, 4) is 0 Å². The lowest BCUT2D eigenvalue weighted by atomic mass is 9.97. The van der Waals surface area contributed by atoms with Gasteiger partial charge in [0.1, 0.15) is 0 Å². The highest BCUT2D eigenvalue weighted by atomic mass is 16.7. The number of carbonyl (C=O) groups is 6. The first-order chi connectivity index (χ1) is 16.7. The Balaban J connectivity index is 3.31. The molecule has 1 amide bonds. The maximum absolute atomic E-state index is 12.4. The van der Waals surface area contributed by atoms with Gasteiger partial charge in [-0.2, -0.15) is 0 Å². The molecule has 0 spiro atoms. The Labute approximate surface area is 206 Å². The minimum atomic E-state index is -1.72. The molecule has 1 aliphatic heterocycles. The molecule has 204 valence electrons. The third-order valence-electron chi connectivity index (χ3n) is 4.90. The third kappa shape index (κ3) is 8.73. The topological polar surface area (TPSA) is 216 Å². The highest BCUT2D eigenvalue weighted by Gasteiger charge is 2.55. The molecule has 0 saturated carbocycles. The van der Waals surface area contributed by atoms with Gasteiger partial charge < -0.3 is 44.6 Å². The summed E-state index contributed by atoms with van der Waals surface area (Å²) in [6.07, 6.45) is -8.26. The van der Waals surface area contributed by atoms with Gasteiger partial charge in [0.25, 0.3) is 0 Å². The van der Waals surface area contributed by atoms with E-state index in [9.17, 15) is 33.9 Å². The molecular formula is C21H32N2O13. The number of hydrogen-bond donors (Lipinski definition) is 3. The first-order valence-corrected chi connectivity index (χ1v) is 10.8. The van der Waals surface area contributed by atoms with Gasteiger partial charge >= 0.3 is 29.8 Å². The first kappa shape index (κ1) is 30.7. The number of methoxy groups -OCH3 is 1. The molecule has 15 heteroatoms. The van der Waals surface area contributed by atoms with Crippen LogP contribution in [0.1, 0.15) is 34.6 Å². The van der Waals surface area contributed by atoms with Gasteiger partial charge in [0.05, 0.1) is 19.8 Å². The molecule has 0 aromatic carbocycles. The van der Waals surface area contributed by atoms with Crippen molar-refractivity contribution >= 4 is 35.8 Å². The first-order valence-electron chi connectivity index (χ1n) is 10.8. The number of nitrogens with two attached hydrogens (primary N) is 1. The van der Waals surface area contributed by atoms with Crippen molar-refractivity contribution in [2.24, 2.45) is 11.7 Å². The summed E-state index contributed by atoms with van der Waals surface area (Å²) in [6.45, 7) is 5.64. The van der Waals surface area contributed by atoms with Crippen molar-refractivity contribution in [3.05, 3.63) is 0 Å². The maximum atomic E-state index is 12.4. The van der Waals surface area contributed by atoms with Crippen molar-refractivity contribution in [3.63, 3.8) is 0 Å². The van der Waals surface area contributed by atoms with Crippen LogP contribution in [-0.4, -0.2) is 97.4 Å². The van der Waals surface area contributed by atoms with Crippen LogP contribution in [0.5, 0.6) is 0 Å². The number of amides is 1. The number of esters is 4. The van der Waals surface area contributed by atoms with Gasteiger partial charge in [-0.15, -0.1) is 0 Å². The molecule has 0 aliphatic carbocycles. The second-order valence-corrected chi connectivity index (χ2v) is 8.17. The molecule has 1 heterocycles. The van der Waals surface area contributed by atoms with Gasteiger partial charge in [0.15, 0.2) is 36.7 Å². The minimum Gasteiger partial charge on any atom is -0.480 e. The summed E-state index contributed by atoms with van der Waals surface area (Å²) in [5, 5.41) is 11.7. The Hall–Kier alpha value is -3.30. The van der Waals surface area contributed by atoms with Gasteiger partial charge in [-0.25, -0.2) is 9.59 Å². The predicted molar refractivity (Wildman–Crippen MR) is 116 cm³/mol. The average Bonchev–Trinajstić information content (AvgIpc) is 2.77. The van der Waals surface area contributed by atoms with E-state index in [0.717, 1.165) is 27.9 Å². The monoisotopic (exact) mass is 520 g/mol. The number of hydrogen-bond acceptors (Lipinski definition) is 13. The Bertz CT molecular complexity index is 846. The number of carbonyl (C=O) groups excluding carboxylic acids is 5. The molecule has 0 aromatic heterocycles. The van der Waals surface area contributed by atoms with Crippen molar-refractivity contribution < 1.29 is 62.3 Å². The molecule has 0 aromatic rings. The van der Waals surface area contributed by atoms with Crippen molar-refractivity contribution in [1.82, 2.24) is 5.32 Å². The summed E-state index contributed by atoms with van der Waals surface area (Å²) in [7, 11) is 1.01. The molecule has 0 bridgehead atoms. The van der Waals surface area contributed by atoms with E-state index in [4.69, 9.17) is 29.4 Å². The van der Waals surface area contributed by atoms with E-state index in [1.54, 1.807) is 13.8 Å². The quantitative estimate of drug-likeness (QED) is 0.203. The van der Waals surface area contributed by atoms with E-state index >= 15 is 0 Å². The number of rotatable bonds is 11. The van der Waals surface area contributed by atoms with Crippen LogP contribution in [-0.2, 0) is 57.2 Å². The summed E-state index contributed by atoms with van der Waals surface area (Å²) in [6, 6.07) is -2.63. The van der Waals surface area contributed by atoms with E-state index in [0.29, 0.717) is 0 Å². The molecule has 1 fully saturated rings. The summed E-state index contributed by atoms with van der Waals surface area (Å²) in [5.41, 5.74) is 5.74. The minimum absolute atomic E-state index is 0.293. The van der Waals surface area contributed by atoms with E-state index in [1.165, 1.54) is 0 Å². The lowest BCUT2D eigenvalue weighted by Crippen LogP contribution is -2.64. The SMILES string of the molecule is COC(=O)[C@H]1O[C@@H](OC[C@H](NC(=O)[C@@H](N)C(C)C)C(=O)O)[C@H](OC(C)=O)[C@@H](OC(C)=O)[C@@H]1OC(C)=O. The van der Waals surface area contributed by atoms with E-state index in [-0.39, 0.29) is 5.92 Å². The fraction of sp³-hybridized carbons (Fsp3) is 0.714. The Morgan fingerprint density at radius 1 is 0.917 bits per heavy atom. The second kappa shape index (κ2) is 13.7. The zero-order valence-corrected chi connectivity index (χ0v) is 20.7. The molecular weight excluding hydrogens is 488 g/mol. The summed E-state index contributed by atoms with van der Waals surface area (Å²) in [5.74, 6) is -6.26. The predicted octanol–water partition coefficient (Wildman–Crippen LogP) is -1.75. The molecule has 0 unspecified atom stereocenters. The van der Waals surface area contributed by atoms with Crippen LogP contribution < -0.4 is 11.1 Å². The third-order valence-corrected chi connectivity index (χ3v) is 4.90. The van der Waals surface area contributed by atoms with Gasteiger partial charge in [-0.05, 0) is 5.92 Å². The van der Waals surface area contributed by atoms with Crippen LogP contribution in [0, 0.1) is 5.92 Å². The van der Waals surface area contributed by atoms with Crippen LogP contribution in [0.2, 0.25) is 0 Å². The number of ether oxygens (including phenoxy) is 6. The number of carboxylic acids is 1. The zero-order valence-electron chi connectivity index (χ0n) is 20.7. The van der Waals surface area contributed by atoms with E-state index in [2.05, 4.69) is 10.1 Å². The summed E-state index contributed by atoms with van der Waals surface area (Å²) >= 11 is 0. The maximum Gasteiger partial charge on any atom is 0.339 e. The largest absolute Gasteiger partial charge is 0.480 e. The fourth-order valence-corrected chi connectivity index (χ4v) is 3.15. The van der Waals surface area contributed by atoms with Crippen molar-refractivity contribution in [2.75, 3.05) is 13.7 Å². The Kier molecular flexibility index (Phi) is 11.7. The zero-order chi connectivity index (χ0) is 27.7. The summed E-state index contributed by atoms with van der Waals surface area (Å²) < 4.78 is 31.1. The van der Waals surface area contributed by atoms with E-state index in [1.807, 2.05) is 0 Å². The fourth-order valence-electron chi connectivity index (χ4n) is 3.15. The molecule has 1 aliphatic rings. The lowest BCUT2D eigenvalue weighted by Gasteiger charge is -2.43. The highest BCUT2D eigenvalue weighted by molar-refractivity contribution is 5.87. The van der Waals surface area contributed by atoms with Gasteiger partial charge in [0.2, 0.25) is 5.91 Å². The van der Waals surface area contributed by atoms with Crippen LogP contribution in [0.3, 0.4) is 0 Å². The van der Waals surface area contributed by atoms with Crippen molar-refractivity contribution in [2.45, 2.75) is 77.4 Å². The van der Waals surface area contributed by atoms with Gasteiger partial charge in [-0.3, -0.25) is 19.2 Å². The molecule has 7 atom stereocenters. The number of aliphatic carboxylic acids is 1. The standard InChI is InChI=1S/C21H32N2O13/c1-8(2)13(22)18(27)23-12(19(28)29)7-32-21-17(35-11(5)26)15(34-10(4)25)14(33-9(3)24)16(36-21)20(30)31-6/h8,12-17,21H,7,22H2,1-6H3,(H,23,27)(H,28,29)/t12-,13-,14-,15-,16-,17+,21+/m0/s1. The summed E-state index contributed by atoms with van der Waals surface area (Å²) in [4.78, 5) is 71.6.